The largest absolute Gasteiger partial charge is 0.449 e. The number of hydrogen-bond acceptors (Lipinski definition) is 4. The smallest absolute Gasteiger partial charge is 0.407 e. The molecule has 5 heteroatoms. The molecule has 1 aliphatic rings. The first-order valence-corrected chi connectivity index (χ1v) is 9.75. The third-order valence-electron chi connectivity index (χ3n) is 5.00. The zero-order valence-corrected chi connectivity index (χ0v) is 16.3. The Bertz CT molecular complexity index is 1080. The molecular weight excluding hydrogens is 376 g/mol. The molecule has 0 aliphatic heterocycles. The van der Waals surface area contributed by atoms with Gasteiger partial charge in [0, 0.05) is 30.6 Å². The van der Waals surface area contributed by atoms with Crippen LogP contribution in [-0.4, -0.2) is 30.5 Å². The monoisotopic (exact) mass is 396 g/mol. The van der Waals surface area contributed by atoms with E-state index in [0.717, 1.165) is 6.29 Å². The number of nitrogens with zero attached hydrogens (tertiary/aromatic N) is 1. The molecule has 1 N–H and O–H groups in total. The standard InChI is InChI=1S/C25H20N2O3/c28-16-18-12-13-19(27-15-18)7-5-6-14-26-25(29)30-17-24-22-10-3-1-8-20(22)21-9-2-4-11-23(21)24/h1-4,8-13,15-16,24H,6,14,17H2,(H,26,29). The van der Waals surface area contributed by atoms with Crippen molar-refractivity contribution in [2.45, 2.75) is 12.3 Å². The van der Waals surface area contributed by atoms with Gasteiger partial charge in [0.15, 0.2) is 6.29 Å². The van der Waals surface area contributed by atoms with Gasteiger partial charge in [-0.3, -0.25) is 4.79 Å². The van der Waals surface area contributed by atoms with Crippen LogP contribution in [0.1, 0.15) is 39.5 Å². The number of benzene rings is 2. The highest BCUT2D eigenvalue weighted by Crippen LogP contribution is 2.44. The Kier molecular flexibility index (Phi) is 5.86. The minimum absolute atomic E-state index is 0.0448. The van der Waals surface area contributed by atoms with Crippen molar-refractivity contribution in [3.8, 4) is 23.0 Å². The molecule has 0 fully saturated rings. The first kappa shape index (κ1) is 19.4. The van der Waals surface area contributed by atoms with Gasteiger partial charge in [0.05, 0.1) is 0 Å². The van der Waals surface area contributed by atoms with Crippen molar-refractivity contribution in [2.24, 2.45) is 0 Å². The summed E-state index contributed by atoms with van der Waals surface area (Å²) >= 11 is 0. The molecule has 5 nitrogen and oxygen atoms in total. The molecule has 0 saturated carbocycles. The van der Waals surface area contributed by atoms with Crippen LogP contribution in [0.4, 0.5) is 4.79 Å². The van der Waals surface area contributed by atoms with Crippen molar-refractivity contribution in [3.63, 3.8) is 0 Å². The van der Waals surface area contributed by atoms with Gasteiger partial charge in [-0.1, -0.05) is 54.5 Å². The first-order valence-electron chi connectivity index (χ1n) is 9.75. The lowest BCUT2D eigenvalue weighted by Gasteiger charge is -2.14. The average Bonchev–Trinajstić information content (AvgIpc) is 3.12. The highest BCUT2D eigenvalue weighted by atomic mass is 16.5. The quantitative estimate of drug-likeness (QED) is 0.399. The van der Waals surface area contributed by atoms with E-state index in [9.17, 15) is 9.59 Å². The van der Waals surface area contributed by atoms with E-state index in [4.69, 9.17) is 4.74 Å². The van der Waals surface area contributed by atoms with Crippen molar-refractivity contribution in [1.82, 2.24) is 10.3 Å². The van der Waals surface area contributed by atoms with Gasteiger partial charge in [0.2, 0.25) is 0 Å². The highest BCUT2D eigenvalue weighted by molar-refractivity contribution is 5.79. The van der Waals surface area contributed by atoms with Crippen LogP contribution in [0.5, 0.6) is 0 Å². The molecule has 1 aliphatic carbocycles. The maximum Gasteiger partial charge on any atom is 0.407 e. The van der Waals surface area contributed by atoms with Crippen LogP contribution in [0.3, 0.4) is 0 Å². The van der Waals surface area contributed by atoms with Crippen LogP contribution >= 0.6 is 0 Å². The van der Waals surface area contributed by atoms with Crippen LogP contribution in [0, 0.1) is 11.8 Å². The van der Waals surface area contributed by atoms with Crippen LogP contribution in [0.25, 0.3) is 11.1 Å². The number of hydrogen-bond donors (Lipinski definition) is 1. The van der Waals surface area contributed by atoms with Crippen molar-refractivity contribution in [2.75, 3.05) is 13.2 Å². The Hall–Kier alpha value is -3.91. The van der Waals surface area contributed by atoms with Crippen LogP contribution in [-0.2, 0) is 4.74 Å². The summed E-state index contributed by atoms with van der Waals surface area (Å²) < 4.78 is 5.49. The number of alkyl carbamates (subject to hydrolysis) is 1. The minimum Gasteiger partial charge on any atom is -0.449 e. The molecule has 3 aromatic rings. The summed E-state index contributed by atoms with van der Waals surface area (Å²) in [6.07, 6.45) is 2.24. The summed E-state index contributed by atoms with van der Waals surface area (Å²) in [4.78, 5) is 26.8. The Morgan fingerprint density at radius 3 is 2.37 bits per heavy atom. The molecule has 0 bridgehead atoms. The van der Waals surface area contributed by atoms with Gasteiger partial charge in [-0.15, -0.1) is 0 Å². The molecule has 0 unspecified atom stereocenters. The summed E-state index contributed by atoms with van der Waals surface area (Å²) in [6.45, 7) is 0.675. The van der Waals surface area contributed by atoms with E-state index in [1.165, 1.54) is 28.5 Å². The topological polar surface area (TPSA) is 68.3 Å². The summed E-state index contributed by atoms with van der Waals surface area (Å²) in [5.74, 6) is 5.89. The number of ether oxygens (including phenoxy) is 1. The number of amides is 1. The second-order valence-corrected chi connectivity index (χ2v) is 6.90. The Labute approximate surface area is 175 Å². The molecule has 1 amide bonds. The third-order valence-corrected chi connectivity index (χ3v) is 5.00. The normalized spacial score (nSPS) is 11.6. The van der Waals surface area contributed by atoms with Crippen molar-refractivity contribution < 1.29 is 14.3 Å². The number of nitrogens with one attached hydrogen (secondary N) is 1. The molecule has 4 rings (SSSR count). The van der Waals surface area contributed by atoms with E-state index in [-0.39, 0.29) is 5.92 Å². The van der Waals surface area contributed by atoms with E-state index in [0.29, 0.717) is 30.8 Å². The van der Waals surface area contributed by atoms with E-state index in [2.05, 4.69) is 46.4 Å². The molecule has 2 aromatic carbocycles. The number of aldehydes is 1. The molecule has 1 heterocycles. The van der Waals surface area contributed by atoms with Gasteiger partial charge in [0.25, 0.3) is 0 Å². The molecule has 1 aromatic heterocycles. The van der Waals surface area contributed by atoms with Gasteiger partial charge < -0.3 is 10.1 Å². The van der Waals surface area contributed by atoms with E-state index in [1.807, 2.05) is 24.3 Å². The minimum atomic E-state index is -0.452. The molecule has 0 radical (unpaired) electrons. The van der Waals surface area contributed by atoms with Crippen LogP contribution in [0.2, 0.25) is 0 Å². The average molecular weight is 396 g/mol. The predicted octanol–water partition coefficient (Wildman–Crippen LogP) is 4.17. The zero-order valence-electron chi connectivity index (χ0n) is 16.3. The van der Waals surface area contributed by atoms with E-state index >= 15 is 0 Å². The van der Waals surface area contributed by atoms with Gasteiger partial charge in [-0.25, -0.2) is 9.78 Å². The lowest BCUT2D eigenvalue weighted by atomic mass is 9.98. The summed E-state index contributed by atoms with van der Waals surface area (Å²) in [6, 6.07) is 19.8. The molecule has 148 valence electrons. The van der Waals surface area contributed by atoms with Gasteiger partial charge in [-0.2, -0.15) is 0 Å². The van der Waals surface area contributed by atoms with Crippen molar-refractivity contribution >= 4 is 12.4 Å². The fourth-order valence-electron chi connectivity index (χ4n) is 3.58. The first-order chi connectivity index (χ1) is 14.8. The lowest BCUT2D eigenvalue weighted by molar-refractivity contribution is 0.112. The number of pyridine rings is 1. The number of fused-ring (bicyclic) bond motifs is 3. The van der Waals surface area contributed by atoms with Gasteiger partial charge in [-0.05, 0) is 40.3 Å². The third kappa shape index (κ3) is 4.23. The molecule has 0 atom stereocenters. The second kappa shape index (κ2) is 9.06. The second-order valence-electron chi connectivity index (χ2n) is 6.90. The number of aromatic nitrogens is 1. The number of carbonyl (C=O) groups is 2. The summed E-state index contributed by atoms with van der Waals surface area (Å²) in [7, 11) is 0. The highest BCUT2D eigenvalue weighted by Gasteiger charge is 2.28. The van der Waals surface area contributed by atoms with Gasteiger partial charge in [0.1, 0.15) is 12.3 Å². The maximum absolute atomic E-state index is 12.1. The van der Waals surface area contributed by atoms with Crippen molar-refractivity contribution in [3.05, 3.63) is 89.2 Å². The molecular formula is C25H20N2O3. The Morgan fingerprint density at radius 1 is 1.03 bits per heavy atom. The lowest BCUT2D eigenvalue weighted by Crippen LogP contribution is -2.26. The van der Waals surface area contributed by atoms with Crippen LogP contribution < -0.4 is 5.32 Å². The maximum atomic E-state index is 12.1. The molecule has 30 heavy (non-hydrogen) atoms. The SMILES string of the molecule is O=Cc1ccc(C#CCCNC(=O)OCC2c3ccccc3-c3ccccc32)nc1. The summed E-state index contributed by atoms with van der Waals surface area (Å²) in [5, 5.41) is 2.73. The van der Waals surface area contributed by atoms with E-state index < -0.39 is 6.09 Å². The van der Waals surface area contributed by atoms with Crippen molar-refractivity contribution in [1.29, 1.82) is 0 Å². The number of carbonyl (C=O) groups excluding carboxylic acids is 2. The fraction of sp³-hybridized carbons (Fsp3) is 0.160. The van der Waals surface area contributed by atoms with Gasteiger partial charge >= 0.3 is 6.09 Å². The number of rotatable bonds is 5. The Balaban J connectivity index is 1.27. The molecule has 0 spiro atoms. The Morgan fingerprint density at radius 2 is 1.73 bits per heavy atom. The van der Waals surface area contributed by atoms with Crippen LogP contribution in [0.15, 0.2) is 66.9 Å². The predicted molar refractivity (Wildman–Crippen MR) is 114 cm³/mol. The fourth-order valence-corrected chi connectivity index (χ4v) is 3.58. The zero-order chi connectivity index (χ0) is 20.8. The summed E-state index contributed by atoms with van der Waals surface area (Å²) in [5.41, 5.74) is 5.87. The molecule has 0 saturated heterocycles. The van der Waals surface area contributed by atoms with E-state index in [1.54, 1.807) is 12.1 Å².